The number of aliphatic carboxylic acids is 1. The van der Waals surface area contributed by atoms with Crippen LogP contribution in [0.1, 0.15) is 40.0 Å². The number of hydrogen-bond donors (Lipinski definition) is 2. The predicted octanol–water partition coefficient (Wildman–Crippen LogP) is 1.40. The number of hydrogen-bond acceptors (Lipinski definition) is 2. The molecule has 1 aliphatic carbocycles. The molecular weight excluding hydrogens is 194 g/mol. The van der Waals surface area contributed by atoms with Gasteiger partial charge in [-0.05, 0) is 26.2 Å². The Hall–Kier alpha value is -1.06. The Morgan fingerprint density at radius 2 is 1.87 bits per heavy atom. The summed E-state index contributed by atoms with van der Waals surface area (Å²) in [6.07, 6.45) is 2.21. The number of carbonyl (C=O) groups excluding carboxylic acids is 1. The minimum absolute atomic E-state index is 0.103. The summed E-state index contributed by atoms with van der Waals surface area (Å²) < 4.78 is 0. The Balaban J connectivity index is 2.47. The average molecular weight is 213 g/mol. The molecule has 0 spiro atoms. The van der Waals surface area contributed by atoms with Gasteiger partial charge in [0, 0.05) is 5.54 Å². The zero-order valence-electron chi connectivity index (χ0n) is 9.54. The van der Waals surface area contributed by atoms with Gasteiger partial charge in [0.15, 0.2) is 0 Å². The molecule has 0 aromatic rings. The van der Waals surface area contributed by atoms with Crippen LogP contribution in [0.25, 0.3) is 0 Å². The van der Waals surface area contributed by atoms with Crippen molar-refractivity contribution in [1.82, 2.24) is 5.32 Å². The van der Waals surface area contributed by atoms with Crippen molar-refractivity contribution in [1.29, 1.82) is 0 Å². The molecule has 0 aromatic carbocycles. The van der Waals surface area contributed by atoms with Crippen molar-refractivity contribution in [2.75, 3.05) is 0 Å². The van der Waals surface area contributed by atoms with E-state index >= 15 is 0 Å². The van der Waals surface area contributed by atoms with E-state index in [0.29, 0.717) is 6.42 Å². The lowest BCUT2D eigenvalue weighted by Gasteiger charge is -2.28. The van der Waals surface area contributed by atoms with Gasteiger partial charge in [0.25, 0.3) is 0 Å². The maximum Gasteiger partial charge on any atom is 0.307 e. The van der Waals surface area contributed by atoms with Gasteiger partial charge in [0.05, 0.1) is 11.8 Å². The SMILES string of the molecule is CCC(C)(CC)NC(=O)[C@@H]1C[C@@H]1C(=O)O. The molecule has 0 radical (unpaired) electrons. The molecule has 1 saturated carbocycles. The first-order valence-electron chi connectivity index (χ1n) is 5.48. The number of amides is 1. The van der Waals surface area contributed by atoms with E-state index in [2.05, 4.69) is 5.32 Å². The standard InChI is InChI=1S/C11H19NO3/c1-4-11(3,5-2)12-9(13)7-6-8(7)10(14)15/h7-8H,4-6H2,1-3H3,(H,12,13)(H,14,15)/t7-,8+/m1/s1. The molecule has 1 aliphatic rings. The van der Waals surface area contributed by atoms with Gasteiger partial charge in [-0.3, -0.25) is 9.59 Å². The molecule has 0 saturated heterocycles. The fourth-order valence-corrected chi connectivity index (χ4v) is 1.57. The van der Waals surface area contributed by atoms with E-state index in [4.69, 9.17) is 5.11 Å². The Kier molecular flexibility index (Phi) is 3.37. The largest absolute Gasteiger partial charge is 0.481 e. The second-order valence-electron chi connectivity index (χ2n) is 4.54. The number of nitrogens with one attached hydrogen (secondary N) is 1. The molecule has 2 N–H and O–H groups in total. The van der Waals surface area contributed by atoms with Gasteiger partial charge in [0.1, 0.15) is 0 Å². The van der Waals surface area contributed by atoms with Gasteiger partial charge in [-0.25, -0.2) is 0 Å². The van der Waals surface area contributed by atoms with Crippen molar-refractivity contribution in [2.45, 2.75) is 45.6 Å². The van der Waals surface area contributed by atoms with Crippen LogP contribution in [0.4, 0.5) is 0 Å². The van der Waals surface area contributed by atoms with E-state index in [1.54, 1.807) is 0 Å². The lowest BCUT2D eigenvalue weighted by atomic mass is 9.95. The molecule has 0 aliphatic heterocycles. The number of carbonyl (C=O) groups is 2. The molecule has 4 nitrogen and oxygen atoms in total. The molecular formula is C11H19NO3. The number of rotatable bonds is 5. The molecule has 1 rings (SSSR count). The number of carboxylic acids is 1. The fraction of sp³-hybridized carbons (Fsp3) is 0.818. The van der Waals surface area contributed by atoms with Gasteiger partial charge in [-0.2, -0.15) is 0 Å². The first-order chi connectivity index (χ1) is 6.93. The summed E-state index contributed by atoms with van der Waals surface area (Å²) in [6.45, 7) is 6.03. The molecule has 0 aromatic heterocycles. The van der Waals surface area contributed by atoms with Crippen molar-refractivity contribution in [3.05, 3.63) is 0 Å². The van der Waals surface area contributed by atoms with Crippen molar-refractivity contribution in [2.24, 2.45) is 11.8 Å². The molecule has 0 heterocycles. The Morgan fingerprint density at radius 3 is 2.20 bits per heavy atom. The van der Waals surface area contributed by atoms with E-state index in [1.807, 2.05) is 20.8 Å². The molecule has 1 amide bonds. The molecule has 0 bridgehead atoms. The minimum Gasteiger partial charge on any atom is -0.481 e. The zero-order chi connectivity index (χ0) is 11.6. The van der Waals surface area contributed by atoms with Crippen molar-refractivity contribution in [3.63, 3.8) is 0 Å². The molecule has 0 unspecified atom stereocenters. The Labute approximate surface area is 90.0 Å². The average Bonchev–Trinajstić information content (AvgIpc) is 2.97. The summed E-state index contributed by atoms with van der Waals surface area (Å²) in [5, 5.41) is 11.6. The topological polar surface area (TPSA) is 66.4 Å². The van der Waals surface area contributed by atoms with Crippen molar-refractivity contribution in [3.8, 4) is 0 Å². The maximum absolute atomic E-state index is 11.7. The third-order valence-electron chi connectivity index (χ3n) is 3.43. The van der Waals surface area contributed by atoms with Crippen LogP contribution in [0.5, 0.6) is 0 Å². The van der Waals surface area contributed by atoms with E-state index in [-0.39, 0.29) is 17.4 Å². The predicted molar refractivity (Wildman–Crippen MR) is 56.4 cm³/mol. The monoisotopic (exact) mass is 213 g/mol. The first-order valence-corrected chi connectivity index (χ1v) is 5.48. The summed E-state index contributed by atoms with van der Waals surface area (Å²) in [6, 6.07) is 0. The lowest BCUT2D eigenvalue weighted by Crippen LogP contribution is -2.46. The van der Waals surface area contributed by atoms with Crippen LogP contribution < -0.4 is 5.32 Å². The normalized spacial score (nSPS) is 24.7. The van der Waals surface area contributed by atoms with E-state index in [0.717, 1.165) is 12.8 Å². The van der Waals surface area contributed by atoms with Crippen molar-refractivity contribution >= 4 is 11.9 Å². The third-order valence-corrected chi connectivity index (χ3v) is 3.43. The highest BCUT2D eigenvalue weighted by molar-refractivity contribution is 5.89. The van der Waals surface area contributed by atoms with Gasteiger partial charge in [0.2, 0.25) is 5.91 Å². The van der Waals surface area contributed by atoms with Crippen LogP contribution in [0.3, 0.4) is 0 Å². The molecule has 1 fully saturated rings. The van der Waals surface area contributed by atoms with E-state index in [1.165, 1.54) is 0 Å². The number of carboxylic acid groups (broad SMARTS) is 1. The summed E-state index contributed by atoms with van der Waals surface area (Å²) in [7, 11) is 0. The zero-order valence-corrected chi connectivity index (χ0v) is 9.54. The summed E-state index contributed by atoms with van der Waals surface area (Å²) in [4.78, 5) is 22.3. The van der Waals surface area contributed by atoms with Crippen LogP contribution in [-0.2, 0) is 9.59 Å². The third kappa shape index (κ3) is 2.70. The smallest absolute Gasteiger partial charge is 0.307 e. The van der Waals surface area contributed by atoms with E-state index < -0.39 is 11.9 Å². The second kappa shape index (κ2) is 4.21. The molecule has 86 valence electrons. The minimum atomic E-state index is -0.857. The van der Waals surface area contributed by atoms with Gasteiger partial charge in [-0.1, -0.05) is 13.8 Å². The van der Waals surface area contributed by atoms with Gasteiger partial charge in [-0.15, -0.1) is 0 Å². The summed E-state index contributed by atoms with van der Waals surface area (Å²) in [5.74, 6) is -1.72. The van der Waals surface area contributed by atoms with Crippen LogP contribution in [0.2, 0.25) is 0 Å². The van der Waals surface area contributed by atoms with Gasteiger partial charge < -0.3 is 10.4 Å². The molecule has 15 heavy (non-hydrogen) atoms. The molecule has 4 heteroatoms. The molecule has 2 atom stereocenters. The van der Waals surface area contributed by atoms with Gasteiger partial charge >= 0.3 is 5.97 Å². The van der Waals surface area contributed by atoms with Crippen LogP contribution >= 0.6 is 0 Å². The Bertz CT molecular complexity index is 271. The highest BCUT2D eigenvalue weighted by Crippen LogP contribution is 2.39. The highest BCUT2D eigenvalue weighted by Gasteiger charge is 2.49. The van der Waals surface area contributed by atoms with Crippen LogP contribution in [0.15, 0.2) is 0 Å². The maximum atomic E-state index is 11.7. The Morgan fingerprint density at radius 1 is 1.33 bits per heavy atom. The fourth-order valence-electron chi connectivity index (χ4n) is 1.57. The van der Waals surface area contributed by atoms with Crippen molar-refractivity contribution < 1.29 is 14.7 Å². The lowest BCUT2D eigenvalue weighted by molar-refractivity contribution is -0.140. The van der Waals surface area contributed by atoms with E-state index in [9.17, 15) is 9.59 Å². The first kappa shape index (κ1) is 12.0. The quantitative estimate of drug-likeness (QED) is 0.725. The highest BCUT2D eigenvalue weighted by atomic mass is 16.4. The van der Waals surface area contributed by atoms with Crippen LogP contribution in [-0.4, -0.2) is 22.5 Å². The van der Waals surface area contributed by atoms with Crippen LogP contribution in [0, 0.1) is 11.8 Å². The summed E-state index contributed by atoms with van der Waals surface area (Å²) in [5.41, 5.74) is -0.192. The summed E-state index contributed by atoms with van der Waals surface area (Å²) >= 11 is 0. The second-order valence-corrected chi connectivity index (χ2v) is 4.54.